The van der Waals surface area contributed by atoms with Crippen molar-refractivity contribution < 1.29 is 14.1 Å². The van der Waals surface area contributed by atoms with Crippen molar-refractivity contribution >= 4 is 44.2 Å². The number of anilines is 1. The Morgan fingerprint density at radius 2 is 2.04 bits per heavy atom. The van der Waals surface area contributed by atoms with E-state index in [1.165, 1.54) is 28.4 Å². The maximum absolute atomic E-state index is 13.6. The van der Waals surface area contributed by atoms with Crippen molar-refractivity contribution in [3.63, 3.8) is 0 Å². The minimum absolute atomic E-state index is 0.256. The summed E-state index contributed by atoms with van der Waals surface area (Å²) in [7, 11) is 4.13. The van der Waals surface area contributed by atoms with Crippen LogP contribution in [-0.4, -0.2) is 38.1 Å². The molecule has 0 aliphatic carbocycles. The summed E-state index contributed by atoms with van der Waals surface area (Å²) >= 11 is 7.64. The number of carbonyl (C=O) groups excluding carboxylic acids is 1. The number of rotatable bonds is 6. The molecule has 0 aliphatic rings. The van der Waals surface area contributed by atoms with Gasteiger partial charge in [0.05, 0.1) is 30.4 Å². The molecule has 0 bridgehead atoms. The van der Waals surface area contributed by atoms with Gasteiger partial charge in [-0.25, -0.2) is 9.37 Å². The van der Waals surface area contributed by atoms with Crippen LogP contribution in [-0.2, 0) is 0 Å². The van der Waals surface area contributed by atoms with E-state index < -0.39 is 5.82 Å². The molecule has 7 heteroatoms. The number of aromatic nitrogens is 1. The van der Waals surface area contributed by atoms with E-state index >= 15 is 0 Å². The molecule has 0 unspecified atom stereocenters. The molecule has 1 aromatic heterocycles. The minimum atomic E-state index is -0.430. The Labute approximate surface area is 160 Å². The zero-order valence-electron chi connectivity index (χ0n) is 14.6. The predicted octanol–water partition coefficient (Wildman–Crippen LogP) is 3.27. The summed E-state index contributed by atoms with van der Waals surface area (Å²) in [6.45, 7) is 1.43. The summed E-state index contributed by atoms with van der Waals surface area (Å²) in [4.78, 5) is 20.5. The van der Waals surface area contributed by atoms with E-state index in [2.05, 4.69) is 19.1 Å². The van der Waals surface area contributed by atoms with Crippen molar-refractivity contribution in [2.75, 3.05) is 32.1 Å². The van der Waals surface area contributed by atoms with Crippen LogP contribution >= 0.6 is 22.9 Å². The smallest absolute Gasteiger partial charge is 0.260 e. The molecule has 1 heterocycles. The Morgan fingerprint density at radius 1 is 1.27 bits per heavy atom. The standard InChI is InChI=1S/C19H19ClFN3OS/c1-23(2)10-5-11-24(18(25)13-6-3-7-14(21)12-13)19-22-17-15(20)8-4-9-16(17)26-19/h3-4,6-9,12H,5,10-11H2,1-2H3/p+1. The van der Waals surface area contributed by atoms with Gasteiger partial charge in [-0.1, -0.05) is 35.1 Å². The van der Waals surface area contributed by atoms with Crippen LogP contribution in [0.5, 0.6) is 0 Å². The summed E-state index contributed by atoms with van der Waals surface area (Å²) in [6, 6.07) is 11.3. The molecule has 0 aliphatic heterocycles. The highest BCUT2D eigenvalue weighted by molar-refractivity contribution is 7.22. The summed E-state index contributed by atoms with van der Waals surface area (Å²) in [6.07, 6.45) is 0.813. The molecule has 0 spiro atoms. The average Bonchev–Trinajstić information content (AvgIpc) is 3.03. The molecule has 4 nitrogen and oxygen atoms in total. The van der Waals surface area contributed by atoms with E-state index in [0.29, 0.717) is 27.8 Å². The quantitative estimate of drug-likeness (QED) is 0.699. The first kappa shape index (κ1) is 18.8. The molecule has 1 amide bonds. The molecule has 1 N–H and O–H groups in total. The van der Waals surface area contributed by atoms with E-state index in [1.807, 2.05) is 12.1 Å². The molecule has 0 saturated heterocycles. The monoisotopic (exact) mass is 392 g/mol. The number of carbonyl (C=O) groups is 1. The summed E-state index contributed by atoms with van der Waals surface area (Å²) in [5, 5.41) is 1.14. The molecule has 0 radical (unpaired) electrons. The Kier molecular flexibility index (Phi) is 5.86. The summed E-state index contributed by atoms with van der Waals surface area (Å²) in [5.41, 5.74) is 0.997. The van der Waals surface area contributed by atoms with Crippen molar-refractivity contribution in [3.05, 3.63) is 58.9 Å². The van der Waals surface area contributed by atoms with Crippen LogP contribution in [0.15, 0.2) is 42.5 Å². The molecule has 3 aromatic rings. The van der Waals surface area contributed by atoms with Crippen molar-refractivity contribution in [3.8, 4) is 0 Å². The predicted molar refractivity (Wildman–Crippen MR) is 105 cm³/mol. The molecular weight excluding hydrogens is 373 g/mol. The Balaban J connectivity index is 1.96. The van der Waals surface area contributed by atoms with E-state index in [1.54, 1.807) is 23.1 Å². The Hall–Kier alpha value is -2.02. The van der Waals surface area contributed by atoms with Crippen LogP contribution in [0.4, 0.5) is 9.52 Å². The third-order valence-corrected chi connectivity index (χ3v) is 5.31. The van der Waals surface area contributed by atoms with Crippen LogP contribution in [0.2, 0.25) is 5.02 Å². The number of hydrogen-bond donors (Lipinski definition) is 1. The van der Waals surface area contributed by atoms with Crippen molar-refractivity contribution in [1.82, 2.24) is 4.98 Å². The van der Waals surface area contributed by atoms with Gasteiger partial charge in [0.15, 0.2) is 5.13 Å². The van der Waals surface area contributed by atoms with Crippen LogP contribution in [0, 0.1) is 5.82 Å². The van der Waals surface area contributed by atoms with Gasteiger partial charge in [0.25, 0.3) is 5.91 Å². The number of nitrogens with one attached hydrogen (secondary N) is 1. The van der Waals surface area contributed by atoms with Crippen molar-refractivity contribution in [2.24, 2.45) is 0 Å². The third kappa shape index (κ3) is 4.20. The maximum atomic E-state index is 13.6. The van der Waals surface area contributed by atoms with Crippen molar-refractivity contribution in [2.45, 2.75) is 6.42 Å². The third-order valence-electron chi connectivity index (χ3n) is 3.96. The topological polar surface area (TPSA) is 37.6 Å². The molecule has 3 rings (SSSR count). The number of fused-ring (bicyclic) bond motifs is 1. The highest BCUT2D eigenvalue weighted by atomic mass is 35.5. The Morgan fingerprint density at radius 3 is 2.73 bits per heavy atom. The number of halogens is 2. The number of hydrogen-bond acceptors (Lipinski definition) is 3. The van der Waals surface area contributed by atoms with Gasteiger partial charge >= 0.3 is 0 Å². The van der Waals surface area contributed by atoms with Gasteiger partial charge in [0, 0.05) is 18.5 Å². The van der Waals surface area contributed by atoms with Gasteiger partial charge in [-0.15, -0.1) is 0 Å². The zero-order valence-corrected chi connectivity index (χ0v) is 16.2. The van der Waals surface area contributed by atoms with Gasteiger partial charge in [-0.05, 0) is 30.3 Å². The van der Waals surface area contributed by atoms with Gasteiger partial charge in [0.2, 0.25) is 0 Å². The number of nitrogens with zero attached hydrogens (tertiary/aromatic N) is 2. The number of thiazole rings is 1. The van der Waals surface area contributed by atoms with Crippen LogP contribution in [0.1, 0.15) is 16.8 Å². The van der Waals surface area contributed by atoms with E-state index in [4.69, 9.17) is 11.6 Å². The first-order chi connectivity index (χ1) is 12.5. The fourth-order valence-corrected chi connectivity index (χ4v) is 3.96. The van der Waals surface area contributed by atoms with E-state index in [0.717, 1.165) is 17.7 Å². The van der Waals surface area contributed by atoms with Gasteiger partial charge in [-0.2, -0.15) is 0 Å². The number of quaternary nitrogens is 1. The number of benzene rings is 2. The number of para-hydroxylation sites is 1. The minimum Gasteiger partial charge on any atom is -0.340 e. The highest BCUT2D eigenvalue weighted by Crippen LogP contribution is 2.33. The first-order valence-electron chi connectivity index (χ1n) is 8.37. The van der Waals surface area contributed by atoms with Crippen molar-refractivity contribution in [1.29, 1.82) is 0 Å². The zero-order chi connectivity index (χ0) is 18.7. The molecule has 0 fully saturated rings. The summed E-state index contributed by atoms with van der Waals surface area (Å²) < 4.78 is 14.5. The SMILES string of the molecule is C[NH+](C)CCCN(C(=O)c1cccc(F)c1)c1nc2c(Cl)cccc2s1. The lowest BCUT2D eigenvalue weighted by atomic mass is 10.2. The second kappa shape index (κ2) is 8.12. The highest BCUT2D eigenvalue weighted by Gasteiger charge is 2.22. The lowest BCUT2D eigenvalue weighted by Gasteiger charge is -2.20. The first-order valence-corrected chi connectivity index (χ1v) is 9.56. The molecule has 2 aromatic carbocycles. The fraction of sp³-hybridized carbons (Fsp3) is 0.263. The molecule has 136 valence electrons. The molecule has 0 atom stereocenters. The number of amides is 1. The van der Waals surface area contributed by atoms with Crippen LogP contribution < -0.4 is 9.80 Å². The largest absolute Gasteiger partial charge is 0.340 e. The summed E-state index contributed by atoms with van der Waals surface area (Å²) in [5.74, 6) is -0.686. The van der Waals surface area contributed by atoms with Gasteiger partial charge < -0.3 is 4.90 Å². The molecule has 26 heavy (non-hydrogen) atoms. The fourth-order valence-electron chi connectivity index (χ4n) is 2.67. The van der Waals surface area contributed by atoms with Gasteiger partial charge in [-0.3, -0.25) is 9.69 Å². The molecule has 0 saturated carbocycles. The van der Waals surface area contributed by atoms with E-state index in [9.17, 15) is 9.18 Å². The lowest BCUT2D eigenvalue weighted by molar-refractivity contribution is -0.858. The lowest BCUT2D eigenvalue weighted by Crippen LogP contribution is -3.05. The second-order valence-electron chi connectivity index (χ2n) is 6.36. The second-order valence-corrected chi connectivity index (χ2v) is 7.78. The van der Waals surface area contributed by atoms with Crippen LogP contribution in [0.3, 0.4) is 0 Å². The maximum Gasteiger partial charge on any atom is 0.260 e. The van der Waals surface area contributed by atoms with Crippen LogP contribution in [0.25, 0.3) is 10.2 Å². The normalized spacial score (nSPS) is 11.3. The average molecular weight is 393 g/mol. The Bertz CT molecular complexity index is 928. The van der Waals surface area contributed by atoms with Gasteiger partial charge in [0.1, 0.15) is 11.3 Å². The van der Waals surface area contributed by atoms with E-state index in [-0.39, 0.29) is 5.91 Å². The molecular formula is C19H20ClFN3OS+.